The third-order valence-electron chi connectivity index (χ3n) is 7.86. The molecule has 6 heteroatoms. The number of benzene rings is 3. The number of rotatable bonds is 6. The second kappa shape index (κ2) is 9.19. The van der Waals surface area contributed by atoms with Crippen LogP contribution in [-0.4, -0.2) is 59.0 Å². The van der Waals surface area contributed by atoms with Crippen LogP contribution in [-0.2, 0) is 18.4 Å². The van der Waals surface area contributed by atoms with E-state index in [-0.39, 0.29) is 17.2 Å². The molecule has 2 N–H and O–H groups in total. The highest BCUT2D eigenvalue weighted by atomic mass is 16.3. The van der Waals surface area contributed by atoms with E-state index in [0.29, 0.717) is 36.4 Å². The van der Waals surface area contributed by atoms with Gasteiger partial charge in [0.25, 0.3) is 11.8 Å². The number of hydrogen-bond acceptors (Lipinski definition) is 4. The third-order valence-corrected chi connectivity index (χ3v) is 7.86. The number of nitrogens with one attached hydrogen (secondary N) is 1. The molecule has 2 aliphatic heterocycles. The summed E-state index contributed by atoms with van der Waals surface area (Å²) in [7, 11) is 0. The lowest BCUT2D eigenvalue weighted by Crippen LogP contribution is -2.49. The van der Waals surface area contributed by atoms with Gasteiger partial charge in [0.2, 0.25) is 0 Å². The summed E-state index contributed by atoms with van der Waals surface area (Å²) in [5.41, 5.74) is 5.59. The number of aliphatic hydroxyl groups excluding tert-OH is 1. The Bertz CT molecular complexity index is 1300. The Morgan fingerprint density at radius 2 is 1.72 bits per heavy atom. The molecule has 0 saturated heterocycles. The van der Waals surface area contributed by atoms with Gasteiger partial charge in [-0.25, -0.2) is 0 Å². The topological polar surface area (TPSA) is 72.9 Å². The molecular weight excluding hydrogens is 450 g/mol. The molecule has 1 spiro atoms. The zero-order chi connectivity index (χ0) is 24.7. The van der Waals surface area contributed by atoms with Crippen LogP contribution >= 0.6 is 0 Å². The molecule has 3 aromatic rings. The molecule has 1 aliphatic carbocycles. The zero-order valence-electron chi connectivity index (χ0n) is 20.3. The maximum absolute atomic E-state index is 13.5. The first-order valence-corrected chi connectivity index (χ1v) is 12.8. The van der Waals surface area contributed by atoms with Crippen LogP contribution in [0.1, 0.15) is 50.2 Å². The highest BCUT2D eigenvalue weighted by Crippen LogP contribution is 2.52. The van der Waals surface area contributed by atoms with Gasteiger partial charge in [0.05, 0.1) is 6.10 Å². The number of carbonyl (C=O) groups excluding carboxylic acids is 2. The van der Waals surface area contributed by atoms with Crippen LogP contribution in [0.5, 0.6) is 0 Å². The van der Waals surface area contributed by atoms with Crippen molar-refractivity contribution in [3.05, 3.63) is 101 Å². The summed E-state index contributed by atoms with van der Waals surface area (Å²) in [5.74, 6) is -0.267. The molecule has 0 radical (unpaired) electrons. The van der Waals surface area contributed by atoms with E-state index in [9.17, 15) is 14.7 Å². The fraction of sp³-hybridized carbons (Fsp3) is 0.333. The monoisotopic (exact) mass is 481 g/mol. The van der Waals surface area contributed by atoms with Crippen molar-refractivity contribution in [3.8, 4) is 0 Å². The van der Waals surface area contributed by atoms with Crippen LogP contribution in [0.3, 0.4) is 0 Å². The minimum atomic E-state index is -0.613. The molecule has 36 heavy (non-hydrogen) atoms. The molecule has 0 aromatic heterocycles. The first-order chi connectivity index (χ1) is 17.5. The van der Waals surface area contributed by atoms with Crippen molar-refractivity contribution in [1.29, 1.82) is 0 Å². The molecule has 1 saturated carbocycles. The Balaban J connectivity index is 1.15. The minimum Gasteiger partial charge on any atom is -0.390 e. The number of β-amino-alcohol motifs (C(OH)–C–C–N with tert-alkyl or cyclic N) is 1. The van der Waals surface area contributed by atoms with Crippen molar-refractivity contribution in [1.82, 2.24) is 9.80 Å². The van der Waals surface area contributed by atoms with Crippen LogP contribution in [0.15, 0.2) is 72.8 Å². The highest BCUT2D eigenvalue weighted by molar-refractivity contribution is 6.05. The molecule has 2 amide bonds. The van der Waals surface area contributed by atoms with Crippen molar-refractivity contribution in [3.63, 3.8) is 0 Å². The van der Waals surface area contributed by atoms with Gasteiger partial charge in [-0.1, -0.05) is 48.5 Å². The normalized spacial score (nSPS) is 18.9. The zero-order valence-corrected chi connectivity index (χ0v) is 20.3. The predicted octanol–water partition coefficient (Wildman–Crippen LogP) is 3.85. The van der Waals surface area contributed by atoms with Crippen LogP contribution in [0.25, 0.3) is 0 Å². The molecule has 0 bridgehead atoms. The molecule has 1 atom stereocenters. The van der Waals surface area contributed by atoms with E-state index in [2.05, 4.69) is 34.5 Å². The summed E-state index contributed by atoms with van der Waals surface area (Å²) >= 11 is 0. The average molecular weight is 482 g/mol. The van der Waals surface area contributed by atoms with Crippen molar-refractivity contribution in [2.45, 2.75) is 37.3 Å². The maximum Gasteiger partial charge on any atom is 0.255 e. The Morgan fingerprint density at radius 1 is 0.972 bits per heavy atom. The number of aliphatic hydroxyl groups is 1. The molecule has 6 rings (SSSR count). The lowest BCUT2D eigenvalue weighted by Gasteiger charge is -2.37. The molecule has 0 unspecified atom stereocenters. The summed E-state index contributed by atoms with van der Waals surface area (Å²) < 4.78 is 0. The predicted molar refractivity (Wildman–Crippen MR) is 139 cm³/mol. The Morgan fingerprint density at radius 3 is 2.50 bits per heavy atom. The van der Waals surface area contributed by atoms with Gasteiger partial charge >= 0.3 is 0 Å². The molecule has 184 valence electrons. The van der Waals surface area contributed by atoms with E-state index in [1.54, 1.807) is 18.2 Å². The van der Waals surface area contributed by atoms with Crippen molar-refractivity contribution in [2.75, 3.05) is 31.5 Å². The number of anilines is 1. The van der Waals surface area contributed by atoms with Gasteiger partial charge in [0.1, 0.15) is 0 Å². The molecule has 3 aromatic carbocycles. The van der Waals surface area contributed by atoms with Crippen LogP contribution in [0, 0.1) is 0 Å². The smallest absolute Gasteiger partial charge is 0.255 e. The van der Waals surface area contributed by atoms with Crippen molar-refractivity contribution < 1.29 is 14.7 Å². The molecule has 3 aliphatic rings. The summed E-state index contributed by atoms with van der Waals surface area (Å²) in [6.45, 7) is 3.26. The van der Waals surface area contributed by atoms with Gasteiger partial charge in [-0.2, -0.15) is 0 Å². The molecular formula is C30H31N3O3. The quantitative estimate of drug-likeness (QED) is 0.561. The van der Waals surface area contributed by atoms with E-state index >= 15 is 0 Å². The van der Waals surface area contributed by atoms with Crippen molar-refractivity contribution in [2.24, 2.45) is 0 Å². The third kappa shape index (κ3) is 4.43. The van der Waals surface area contributed by atoms with Crippen LogP contribution < -0.4 is 5.32 Å². The number of amides is 2. The summed E-state index contributed by atoms with van der Waals surface area (Å²) in [6, 6.07) is 23.2. The first kappa shape index (κ1) is 23.0. The fourth-order valence-corrected chi connectivity index (χ4v) is 5.79. The van der Waals surface area contributed by atoms with E-state index in [4.69, 9.17) is 0 Å². The SMILES string of the molecule is O=C(Nc1ccc2c(c1)C(=O)N(C[C@H](O)CN1CCc3ccccc3C1)CC21CC1)c1ccccc1. The summed E-state index contributed by atoms with van der Waals surface area (Å²) in [5, 5.41) is 13.9. The Hall–Kier alpha value is -3.48. The van der Waals surface area contributed by atoms with Crippen LogP contribution in [0.4, 0.5) is 5.69 Å². The second-order valence-corrected chi connectivity index (χ2v) is 10.5. The standard InChI is InChI=1S/C30H31N3O3/c34-25(18-32-15-12-21-6-4-5-9-23(21)17-32)19-33-20-30(13-14-30)27-11-10-24(16-26(27)29(33)36)31-28(35)22-7-2-1-3-8-22/h1-11,16,25,34H,12-15,17-20H2,(H,31,35)/t25-/m1/s1. The number of hydrogen-bond donors (Lipinski definition) is 2. The van der Waals surface area contributed by atoms with Gasteiger partial charge in [-0.15, -0.1) is 0 Å². The first-order valence-electron chi connectivity index (χ1n) is 12.8. The van der Waals surface area contributed by atoms with E-state index in [1.807, 2.05) is 35.2 Å². The average Bonchev–Trinajstić information content (AvgIpc) is 3.67. The van der Waals surface area contributed by atoms with Crippen molar-refractivity contribution >= 4 is 17.5 Å². The molecule has 2 heterocycles. The van der Waals surface area contributed by atoms with Gasteiger partial charge < -0.3 is 15.3 Å². The largest absolute Gasteiger partial charge is 0.390 e. The van der Waals surface area contributed by atoms with Crippen LogP contribution in [0.2, 0.25) is 0 Å². The number of fused-ring (bicyclic) bond motifs is 3. The summed E-state index contributed by atoms with van der Waals surface area (Å²) in [4.78, 5) is 30.3. The number of nitrogens with zero attached hydrogens (tertiary/aromatic N) is 2. The van der Waals surface area contributed by atoms with E-state index < -0.39 is 6.10 Å². The lowest BCUT2D eigenvalue weighted by atomic mass is 9.86. The lowest BCUT2D eigenvalue weighted by molar-refractivity contribution is 0.0459. The number of carbonyl (C=O) groups is 2. The van der Waals surface area contributed by atoms with Gasteiger partial charge in [-0.05, 0) is 60.2 Å². The van der Waals surface area contributed by atoms with Gasteiger partial charge in [0.15, 0.2) is 0 Å². The Kier molecular flexibility index (Phi) is 5.86. The minimum absolute atomic E-state index is 0.0189. The molecule has 1 fully saturated rings. The van der Waals surface area contributed by atoms with E-state index in [0.717, 1.165) is 37.9 Å². The second-order valence-electron chi connectivity index (χ2n) is 10.5. The Labute approximate surface area is 211 Å². The molecule has 6 nitrogen and oxygen atoms in total. The van der Waals surface area contributed by atoms with E-state index in [1.165, 1.54) is 11.1 Å². The fourth-order valence-electron chi connectivity index (χ4n) is 5.79. The summed E-state index contributed by atoms with van der Waals surface area (Å²) in [6.07, 6.45) is 2.45. The van der Waals surface area contributed by atoms with Gasteiger partial charge in [0, 0.05) is 55.0 Å². The van der Waals surface area contributed by atoms with Gasteiger partial charge in [-0.3, -0.25) is 14.5 Å². The maximum atomic E-state index is 13.5. The highest BCUT2D eigenvalue weighted by Gasteiger charge is 2.51.